The van der Waals surface area contributed by atoms with Crippen molar-refractivity contribution in [2.75, 3.05) is 19.8 Å². The third kappa shape index (κ3) is 4.11. The monoisotopic (exact) mass is 400 g/mol. The molecule has 0 amide bonds. The molecule has 1 aromatic heterocycles. The number of aromatic amines is 1. The number of rotatable bonds is 8. The molecule has 3 atom stereocenters. The van der Waals surface area contributed by atoms with Crippen LogP contribution < -0.4 is 11.2 Å². The van der Waals surface area contributed by atoms with Gasteiger partial charge in [-0.05, 0) is 13.8 Å². The van der Waals surface area contributed by atoms with Gasteiger partial charge in [0, 0.05) is 24.6 Å². The van der Waals surface area contributed by atoms with Gasteiger partial charge in [-0.1, -0.05) is 0 Å². The van der Waals surface area contributed by atoms with Gasteiger partial charge in [0.25, 0.3) is 5.56 Å². The summed E-state index contributed by atoms with van der Waals surface area (Å²) in [7, 11) is -4.78. The fourth-order valence-corrected chi connectivity index (χ4v) is 4.26. The fraction of sp³-hybridized carbons (Fsp3) is 0.714. The molecule has 12 heteroatoms. The van der Waals surface area contributed by atoms with Gasteiger partial charge in [0.05, 0.1) is 19.8 Å². The number of nitrogens with one attached hydrogen (secondary N) is 1. The fourth-order valence-electron chi connectivity index (χ4n) is 2.67. The van der Waals surface area contributed by atoms with Crippen molar-refractivity contribution in [2.24, 2.45) is 5.92 Å². The number of ether oxygens (including phenoxy) is 1. The third-order valence-electron chi connectivity index (χ3n) is 3.84. The van der Waals surface area contributed by atoms with E-state index in [0.29, 0.717) is 0 Å². The molecule has 26 heavy (non-hydrogen) atoms. The van der Waals surface area contributed by atoms with E-state index in [1.54, 1.807) is 0 Å². The summed E-state index contributed by atoms with van der Waals surface area (Å²) in [4.78, 5) is 24.7. The van der Waals surface area contributed by atoms with E-state index in [2.05, 4.69) is 9.05 Å². The Bertz CT molecular complexity index is 772. The minimum absolute atomic E-state index is 0.261. The lowest BCUT2D eigenvalue weighted by Crippen LogP contribution is -2.35. The first kappa shape index (κ1) is 20.9. The zero-order valence-electron chi connectivity index (χ0n) is 14.2. The van der Waals surface area contributed by atoms with Crippen LogP contribution in [0.5, 0.6) is 0 Å². The lowest BCUT2D eigenvalue weighted by atomic mass is 10.0. The van der Waals surface area contributed by atoms with Crippen molar-refractivity contribution in [1.82, 2.24) is 9.55 Å². The summed E-state index contributed by atoms with van der Waals surface area (Å²) in [5.41, 5.74) is -5.54. The van der Waals surface area contributed by atoms with E-state index >= 15 is 0 Å². The van der Waals surface area contributed by atoms with Crippen molar-refractivity contribution in [3.05, 3.63) is 33.1 Å². The number of H-pyrrole nitrogens is 1. The van der Waals surface area contributed by atoms with Gasteiger partial charge in [0.2, 0.25) is 0 Å². The predicted octanol–water partition coefficient (Wildman–Crippen LogP) is 2.27. The lowest BCUT2D eigenvalue weighted by molar-refractivity contribution is 0.00877. The number of halogens is 3. The Kier molecular flexibility index (Phi) is 6.49. The van der Waals surface area contributed by atoms with Gasteiger partial charge in [-0.3, -0.25) is 18.9 Å². The van der Waals surface area contributed by atoms with Gasteiger partial charge < -0.3 is 13.8 Å². The first-order chi connectivity index (χ1) is 12.1. The van der Waals surface area contributed by atoms with Crippen LogP contribution in [0.3, 0.4) is 0 Å². The third-order valence-corrected chi connectivity index (χ3v) is 6.02. The summed E-state index contributed by atoms with van der Waals surface area (Å²) < 4.78 is 71.1. The van der Waals surface area contributed by atoms with Crippen LogP contribution in [-0.2, 0) is 18.3 Å². The number of nitrogens with zero attached hydrogens (tertiary/aromatic N) is 1. The van der Waals surface area contributed by atoms with Gasteiger partial charge in [0.1, 0.15) is 0 Å². The first-order valence-electron chi connectivity index (χ1n) is 7.99. The molecule has 1 saturated heterocycles. The van der Waals surface area contributed by atoms with Gasteiger partial charge >= 0.3 is 18.9 Å². The average molecular weight is 400 g/mol. The Labute approximate surface area is 146 Å². The second-order valence-corrected chi connectivity index (χ2v) is 7.81. The molecule has 0 unspecified atom stereocenters. The summed E-state index contributed by atoms with van der Waals surface area (Å²) in [6.07, 6.45) is -3.58. The zero-order chi connectivity index (χ0) is 19.5. The van der Waals surface area contributed by atoms with Crippen molar-refractivity contribution in [1.29, 1.82) is 0 Å². The van der Waals surface area contributed by atoms with Crippen LogP contribution in [0.25, 0.3) is 0 Å². The molecule has 0 radical (unpaired) electrons. The summed E-state index contributed by atoms with van der Waals surface area (Å²) in [6.45, 7) is 1.82. The Hall–Kier alpha value is -1.42. The van der Waals surface area contributed by atoms with E-state index in [1.807, 2.05) is 4.98 Å². The molecular weight excluding hydrogens is 380 g/mol. The van der Waals surface area contributed by atoms with Crippen LogP contribution in [0.4, 0.5) is 13.2 Å². The second kappa shape index (κ2) is 8.08. The molecule has 1 N–H and O–H groups in total. The van der Waals surface area contributed by atoms with Crippen LogP contribution in [0.15, 0.2) is 21.9 Å². The minimum atomic E-state index is -4.78. The van der Waals surface area contributed by atoms with Crippen LogP contribution in [-0.4, -0.2) is 41.2 Å². The standard InChI is InChI=1S/C14H20F3N2O6P/c1-3-24-26(22,25-4-2)14(16,17)7-9-8-23-12(11(9)15)19-6-5-10(20)18-13(19)21/h5-6,9,11-12H,3-4,7-8H2,1-2H3,(H,18,20,21)/t9-,11-,12+/m0/s1. The Morgan fingerprint density at radius 2 is 1.96 bits per heavy atom. The number of hydrogen-bond acceptors (Lipinski definition) is 6. The smallest absolute Gasteiger partial charge is 0.354 e. The Morgan fingerprint density at radius 1 is 1.35 bits per heavy atom. The molecule has 0 aliphatic carbocycles. The molecule has 1 aliphatic heterocycles. The van der Waals surface area contributed by atoms with Crippen molar-refractivity contribution >= 4 is 7.60 Å². The maximum Gasteiger partial charge on any atom is 0.399 e. The molecular formula is C14H20F3N2O6P. The van der Waals surface area contributed by atoms with Crippen LogP contribution in [0.1, 0.15) is 26.5 Å². The van der Waals surface area contributed by atoms with Gasteiger partial charge in [0.15, 0.2) is 12.4 Å². The average Bonchev–Trinajstić information content (AvgIpc) is 2.88. The van der Waals surface area contributed by atoms with E-state index in [-0.39, 0.29) is 13.2 Å². The molecule has 0 spiro atoms. The molecule has 148 valence electrons. The summed E-state index contributed by atoms with van der Waals surface area (Å²) in [6, 6.07) is 0.984. The van der Waals surface area contributed by atoms with Crippen molar-refractivity contribution in [3.8, 4) is 0 Å². The van der Waals surface area contributed by atoms with E-state index in [4.69, 9.17) is 4.74 Å². The van der Waals surface area contributed by atoms with E-state index < -0.39 is 55.9 Å². The zero-order valence-corrected chi connectivity index (χ0v) is 15.1. The summed E-state index contributed by atoms with van der Waals surface area (Å²) >= 11 is 0. The van der Waals surface area contributed by atoms with E-state index in [9.17, 15) is 27.3 Å². The largest absolute Gasteiger partial charge is 0.399 e. The highest BCUT2D eigenvalue weighted by Crippen LogP contribution is 2.64. The van der Waals surface area contributed by atoms with Gasteiger partial charge in [-0.25, -0.2) is 9.18 Å². The Balaban J connectivity index is 2.19. The summed E-state index contributed by atoms with van der Waals surface area (Å²) in [5.74, 6) is -1.34. The van der Waals surface area contributed by atoms with Gasteiger partial charge in [-0.15, -0.1) is 0 Å². The maximum atomic E-state index is 14.6. The molecule has 1 aliphatic rings. The quantitative estimate of drug-likeness (QED) is 0.672. The molecule has 0 saturated carbocycles. The number of hydrogen-bond donors (Lipinski definition) is 1. The molecule has 1 fully saturated rings. The molecule has 2 heterocycles. The molecule has 0 aromatic carbocycles. The van der Waals surface area contributed by atoms with Crippen LogP contribution in [0, 0.1) is 5.92 Å². The van der Waals surface area contributed by atoms with Crippen molar-refractivity contribution in [3.63, 3.8) is 0 Å². The van der Waals surface area contributed by atoms with E-state index in [1.165, 1.54) is 13.8 Å². The summed E-state index contributed by atoms with van der Waals surface area (Å²) in [5, 5.41) is 0. The highest BCUT2D eigenvalue weighted by molar-refractivity contribution is 7.55. The molecule has 0 bridgehead atoms. The topological polar surface area (TPSA) is 99.6 Å². The molecule has 1 aromatic rings. The van der Waals surface area contributed by atoms with E-state index in [0.717, 1.165) is 16.8 Å². The van der Waals surface area contributed by atoms with Crippen molar-refractivity contribution < 1.29 is 31.5 Å². The van der Waals surface area contributed by atoms with Crippen LogP contribution >= 0.6 is 7.60 Å². The lowest BCUT2D eigenvalue weighted by Gasteiger charge is -2.28. The predicted molar refractivity (Wildman–Crippen MR) is 85.1 cm³/mol. The van der Waals surface area contributed by atoms with Crippen molar-refractivity contribution in [2.45, 2.75) is 38.3 Å². The molecule has 2 rings (SSSR count). The highest BCUT2D eigenvalue weighted by atomic mass is 31.2. The molecule has 8 nitrogen and oxygen atoms in total. The highest BCUT2D eigenvalue weighted by Gasteiger charge is 2.56. The number of aromatic nitrogens is 2. The number of alkyl halides is 3. The Morgan fingerprint density at radius 3 is 2.50 bits per heavy atom. The van der Waals surface area contributed by atoms with Crippen LogP contribution in [0.2, 0.25) is 0 Å². The second-order valence-electron chi connectivity index (χ2n) is 5.65. The normalized spacial score (nSPS) is 24.1. The maximum absolute atomic E-state index is 14.6. The van der Waals surface area contributed by atoms with Gasteiger partial charge in [-0.2, -0.15) is 8.78 Å². The SMILES string of the molecule is CCOP(=O)(OCC)C(F)(F)C[C@H]1CO[C@@H](n2ccc(=O)[nH]c2=O)[C@H]1F. The first-order valence-corrected chi connectivity index (χ1v) is 9.53. The minimum Gasteiger partial charge on any atom is -0.354 e.